The van der Waals surface area contributed by atoms with Gasteiger partial charge < -0.3 is 4.74 Å². The number of nitrogens with zero attached hydrogens (tertiary/aromatic N) is 2. The molecule has 0 aliphatic heterocycles. The molecule has 1 heterocycles. The maximum Gasteiger partial charge on any atom is 0.287 e. The van der Waals surface area contributed by atoms with Gasteiger partial charge in [0, 0.05) is 12.1 Å². The minimum absolute atomic E-state index is 0.0653. The summed E-state index contributed by atoms with van der Waals surface area (Å²) in [5.41, 5.74) is -0.0653. The predicted molar refractivity (Wildman–Crippen MR) is 65.1 cm³/mol. The zero-order chi connectivity index (χ0) is 12.3. The summed E-state index contributed by atoms with van der Waals surface area (Å²) in [7, 11) is 0. The third-order valence-corrected chi connectivity index (χ3v) is 2.64. The average Bonchev–Trinajstić information content (AvgIpc) is 2.33. The highest BCUT2D eigenvalue weighted by molar-refractivity contribution is 9.10. The van der Waals surface area contributed by atoms with Gasteiger partial charge in [-0.25, -0.2) is 4.98 Å². The van der Waals surface area contributed by atoms with E-state index in [0.29, 0.717) is 11.6 Å². The number of rotatable bonds is 3. The molecule has 17 heavy (non-hydrogen) atoms. The van der Waals surface area contributed by atoms with E-state index < -0.39 is 4.92 Å². The number of hydrogen-bond donors (Lipinski definition) is 0. The van der Waals surface area contributed by atoms with Crippen LogP contribution in [0.5, 0.6) is 11.6 Å². The fourth-order valence-electron chi connectivity index (χ4n) is 1.18. The number of aromatic nitrogens is 1. The first-order valence-electron chi connectivity index (χ1n) is 4.69. The van der Waals surface area contributed by atoms with E-state index in [9.17, 15) is 10.1 Å². The van der Waals surface area contributed by atoms with E-state index in [1.54, 1.807) is 6.07 Å². The van der Waals surface area contributed by atoms with Crippen molar-refractivity contribution in [2.24, 2.45) is 0 Å². The smallest absolute Gasteiger partial charge is 0.287 e. The number of ether oxygens (including phenoxy) is 1. The number of pyridine rings is 1. The van der Waals surface area contributed by atoms with Crippen LogP contribution in [0.2, 0.25) is 0 Å². The lowest BCUT2D eigenvalue weighted by molar-refractivity contribution is -0.385. The number of hydrogen-bond acceptors (Lipinski definition) is 4. The fourth-order valence-corrected chi connectivity index (χ4v) is 1.55. The molecule has 0 saturated carbocycles. The minimum Gasteiger partial charge on any atom is -0.438 e. The largest absolute Gasteiger partial charge is 0.438 e. The Balaban J connectivity index is 2.20. The van der Waals surface area contributed by atoms with E-state index in [2.05, 4.69) is 20.9 Å². The van der Waals surface area contributed by atoms with Crippen molar-refractivity contribution in [2.45, 2.75) is 0 Å². The molecule has 5 nitrogen and oxygen atoms in total. The van der Waals surface area contributed by atoms with Crippen LogP contribution >= 0.6 is 15.9 Å². The molecule has 0 aliphatic rings. The Bertz CT molecular complexity index is 543. The van der Waals surface area contributed by atoms with Gasteiger partial charge in [0.15, 0.2) is 0 Å². The standard InChI is InChI=1S/C11H7BrN2O3/c12-9-3-1-2-4-10(9)17-11-6-5-8(7-13-11)14(15)16/h1-7H. The van der Waals surface area contributed by atoms with Gasteiger partial charge >= 0.3 is 0 Å². The molecule has 1 aromatic heterocycles. The lowest BCUT2D eigenvalue weighted by Crippen LogP contribution is -1.91. The van der Waals surface area contributed by atoms with Gasteiger partial charge in [0.2, 0.25) is 5.88 Å². The number of benzene rings is 1. The van der Waals surface area contributed by atoms with E-state index in [0.717, 1.165) is 10.7 Å². The summed E-state index contributed by atoms with van der Waals surface area (Å²) in [5.74, 6) is 0.913. The topological polar surface area (TPSA) is 65.3 Å². The number of nitro groups is 1. The Kier molecular flexibility index (Phi) is 3.34. The van der Waals surface area contributed by atoms with Crippen molar-refractivity contribution in [3.63, 3.8) is 0 Å². The highest BCUT2D eigenvalue weighted by atomic mass is 79.9. The summed E-state index contributed by atoms with van der Waals surface area (Å²) < 4.78 is 6.26. The van der Waals surface area contributed by atoms with Crippen molar-refractivity contribution < 1.29 is 9.66 Å². The maximum absolute atomic E-state index is 10.4. The molecular formula is C11H7BrN2O3. The first-order chi connectivity index (χ1) is 8.16. The number of halogens is 1. The van der Waals surface area contributed by atoms with Gasteiger partial charge in [-0.2, -0.15) is 0 Å². The van der Waals surface area contributed by atoms with Gasteiger partial charge in [-0.1, -0.05) is 12.1 Å². The normalized spacial score (nSPS) is 9.94. The first kappa shape index (κ1) is 11.5. The molecule has 86 valence electrons. The van der Waals surface area contributed by atoms with Gasteiger partial charge in [0.25, 0.3) is 5.69 Å². The minimum atomic E-state index is -0.505. The fraction of sp³-hybridized carbons (Fsp3) is 0. The summed E-state index contributed by atoms with van der Waals surface area (Å²) >= 11 is 3.33. The molecule has 0 bridgehead atoms. The Morgan fingerprint density at radius 3 is 2.59 bits per heavy atom. The van der Waals surface area contributed by atoms with Crippen molar-refractivity contribution >= 4 is 21.6 Å². The highest BCUT2D eigenvalue weighted by Gasteiger charge is 2.07. The van der Waals surface area contributed by atoms with Crippen molar-refractivity contribution in [2.75, 3.05) is 0 Å². The SMILES string of the molecule is O=[N+]([O-])c1ccc(Oc2ccccc2Br)nc1. The monoisotopic (exact) mass is 294 g/mol. The van der Waals surface area contributed by atoms with Crippen molar-refractivity contribution in [3.8, 4) is 11.6 Å². The summed E-state index contributed by atoms with van der Waals surface area (Å²) in [6, 6.07) is 10.1. The molecule has 0 amide bonds. The van der Waals surface area contributed by atoms with Crippen molar-refractivity contribution in [1.82, 2.24) is 4.98 Å². The summed E-state index contributed by atoms with van der Waals surface area (Å²) in [6.07, 6.45) is 1.16. The number of para-hydroxylation sites is 1. The molecule has 0 N–H and O–H groups in total. The van der Waals surface area contributed by atoms with E-state index in [4.69, 9.17) is 4.74 Å². The third kappa shape index (κ3) is 2.79. The third-order valence-electron chi connectivity index (χ3n) is 1.98. The second-order valence-electron chi connectivity index (χ2n) is 3.14. The summed E-state index contributed by atoms with van der Waals surface area (Å²) in [5, 5.41) is 10.4. The van der Waals surface area contributed by atoms with E-state index in [-0.39, 0.29) is 5.69 Å². The van der Waals surface area contributed by atoms with Crippen LogP contribution in [0.4, 0.5) is 5.69 Å². The molecule has 0 radical (unpaired) electrons. The van der Waals surface area contributed by atoms with Crippen LogP contribution in [0.25, 0.3) is 0 Å². The van der Waals surface area contributed by atoms with Crippen LogP contribution in [0, 0.1) is 10.1 Å². The second-order valence-corrected chi connectivity index (χ2v) is 4.00. The lowest BCUT2D eigenvalue weighted by Gasteiger charge is -2.05. The molecule has 0 unspecified atom stereocenters. The Morgan fingerprint density at radius 1 is 1.24 bits per heavy atom. The Labute approximate surface area is 105 Å². The molecule has 1 aromatic carbocycles. The van der Waals surface area contributed by atoms with Crippen LogP contribution in [0.3, 0.4) is 0 Å². The average molecular weight is 295 g/mol. The quantitative estimate of drug-likeness (QED) is 0.641. The van der Waals surface area contributed by atoms with E-state index >= 15 is 0 Å². The lowest BCUT2D eigenvalue weighted by atomic mass is 10.3. The van der Waals surface area contributed by atoms with Crippen molar-refractivity contribution in [3.05, 3.63) is 57.2 Å². The molecule has 2 aromatic rings. The molecule has 6 heteroatoms. The first-order valence-corrected chi connectivity index (χ1v) is 5.49. The van der Waals surface area contributed by atoms with Gasteiger partial charge in [-0.05, 0) is 28.1 Å². The van der Waals surface area contributed by atoms with Crippen molar-refractivity contribution in [1.29, 1.82) is 0 Å². The molecule has 0 aliphatic carbocycles. The van der Waals surface area contributed by atoms with Crippen LogP contribution in [-0.4, -0.2) is 9.91 Å². The molecular weight excluding hydrogens is 288 g/mol. The molecule has 2 rings (SSSR count). The van der Waals surface area contributed by atoms with Gasteiger partial charge in [0.05, 0.1) is 9.40 Å². The predicted octanol–water partition coefficient (Wildman–Crippen LogP) is 3.54. The second kappa shape index (κ2) is 4.92. The van der Waals surface area contributed by atoms with Gasteiger partial charge in [-0.3, -0.25) is 10.1 Å². The maximum atomic E-state index is 10.4. The highest BCUT2D eigenvalue weighted by Crippen LogP contribution is 2.28. The molecule has 0 atom stereocenters. The Morgan fingerprint density at radius 2 is 2.00 bits per heavy atom. The van der Waals surface area contributed by atoms with Crippen LogP contribution in [0.1, 0.15) is 0 Å². The Hall–Kier alpha value is -1.95. The van der Waals surface area contributed by atoms with Crippen LogP contribution < -0.4 is 4.74 Å². The van der Waals surface area contributed by atoms with Gasteiger partial charge in [-0.15, -0.1) is 0 Å². The van der Waals surface area contributed by atoms with Crippen LogP contribution in [0.15, 0.2) is 47.1 Å². The van der Waals surface area contributed by atoms with Gasteiger partial charge in [0.1, 0.15) is 11.9 Å². The molecule has 0 spiro atoms. The zero-order valence-corrected chi connectivity index (χ0v) is 10.1. The van der Waals surface area contributed by atoms with E-state index in [1.165, 1.54) is 12.1 Å². The summed E-state index contributed by atoms with van der Waals surface area (Å²) in [4.78, 5) is 13.8. The summed E-state index contributed by atoms with van der Waals surface area (Å²) in [6.45, 7) is 0. The molecule has 0 fully saturated rings. The molecule has 0 saturated heterocycles. The zero-order valence-electron chi connectivity index (χ0n) is 8.54. The van der Waals surface area contributed by atoms with E-state index in [1.807, 2.05) is 18.2 Å². The van der Waals surface area contributed by atoms with Crippen LogP contribution in [-0.2, 0) is 0 Å².